The minimum absolute atomic E-state index is 0.00273. The maximum absolute atomic E-state index is 13.4. The molecule has 0 aliphatic carbocycles. The lowest BCUT2D eigenvalue weighted by atomic mass is 10.0. The Morgan fingerprint density at radius 1 is 0.312 bits per heavy atom. The monoisotopic (exact) mass is 1560 g/mol. The van der Waals surface area contributed by atoms with Gasteiger partial charge in [0.1, 0.15) is 0 Å². The van der Waals surface area contributed by atoms with Gasteiger partial charge >= 0.3 is 0 Å². The highest BCUT2D eigenvalue weighted by Crippen LogP contribution is 2.28. The molecule has 112 heavy (non-hydrogen) atoms. The van der Waals surface area contributed by atoms with Gasteiger partial charge in [0.05, 0.1) is 189 Å². The van der Waals surface area contributed by atoms with E-state index in [4.69, 9.17) is 56.8 Å². The molecule has 0 saturated carbocycles. The number of hydrogen-bond donors (Lipinski definition) is 6. The van der Waals surface area contributed by atoms with Crippen LogP contribution in [0.15, 0.2) is 109 Å². The van der Waals surface area contributed by atoms with E-state index in [9.17, 15) is 47.9 Å². The van der Waals surface area contributed by atoms with Crippen LogP contribution in [0.2, 0.25) is 0 Å². The number of carbonyl (C=O) groups is 10. The molecule has 7 rings (SSSR count). The smallest absolute Gasteiger partial charge is 0.253 e. The fourth-order valence-corrected chi connectivity index (χ4v) is 11.0. The van der Waals surface area contributed by atoms with Crippen LogP contribution < -0.4 is 41.7 Å². The van der Waals surface area contributed by atoms with Crippen molar-refractivity contribution >= 4 is 70.4 Å². The summed E-state index contributed by atoms with van der Waals surface area (Å²) in [5.41, 5.74) is 6.53. The van der Waals surface area contributed by atoms with Crippen LogP contribution in [0.25, 0.3) is 0 Å². The standard InChI is InChI=1S/C81H105N9O22/c91-72(21-23-80(99)89-59-67-13-3-1-9-63(67)17-19-65-11-5-7-15-70(65)89)82-31-40-102-46-52-108-54-48-105-43-34-85-75(94)28-38-111-61-69(87-77(96)30-37-101-45-51-107-57-58-110-56-50-104-42-33-84-74(93)27-36-88-78(97)25-26-79(88)98)62-112-39-29-76(95)86-35-44-106-49-55-109-53-47-103-41-32-83-73(92)22-24-81(100)90-60-68-14-4-2-10-64(68)18-20-66-12-6-8-16-71(66)90/h1-16,25-26,69H,21-24,27-62H2,(H,82,91)(H,83,92)(H,84,93)(H,85,94)(H,86,95)(H,87,96). The molecule has 0 fully saturated rings. The van der Waals surface area contributed by atoms with Crippen molar-refractivity contribution in [2.75, 3.05) is 208 Å². The largest absolute Gasteiger partial charge is 0.379 e. The molecule has 0 bridgehead atoms. The molecule has 0 saturated heterocycles. The van der Waals surface area contributed by atoms with Crippen LogP contribution in [0.1, 0.15) is 84.7 Å². The van der Waals surface area contributed by atoms with Crippen molar-refractivity contribution in [1.29, 1.82) is 0 Å². The lowest BCUT2D eigenvalue weighted by molar-refractivity contribution is -0.137. The highest BCUT2D eigenvalue weighted by atomic mass is 16.6. The van der Waals surface area contributed by atoms with Crippen LogP contribution in [0.5, 0.6) is 0 Å². The van der Waals surface area contributed by atoms with Crippen LogP contribution in [0.3, 0.4) is 0 Å². The molecule has 3 aliphatic heterocycles. The number of para-hydroxylation sites is 2. The predicted octanol–water partition coefficient (Wildman–Crippen LogP) is 2.19. The van der Waals surface area contributed by atoms with Crippen molar-refractivity contribution in [2.24, 2.45) is 0 Å². The number of benzene rings is 4. The molecular weight excluding hydrogens is 1450 g/mol. The van der Waals surface area contributed by atoms with E-state index in [2.05, 4.69) is 55.6 Å². The maximum atomic E-state index is 13.4. The first-order valence-electron chi connectivity index (χ1n) is 37.9. The van der Waals surface area contributed by atoms with E-state index in [1.165, 1.54) is 12.2 Å². The second-order valence-corrected chi connectivity index (χ2v) is 25.3. The molecule has 31 heteroatoms. The predicted molar refractivity (Wildman–Crippen MR) is 410 cm³/mol. The van der Waals surface area contributed by atoms with E-state index in [1.807, 2.05) is 97.1 Å². The SMILES string of the molecule is O=C(CCOCC(COCCC(=O)NCCOCCOCCOCCNC(=O)CCC(=O)N1Cc2ccccc2C#Cc2ccccc21)NC(=O)CCOCCOCCOCCOCCNC(=O)CCN1C(=O)C=CC1=O)NCCOCCOCCOCCNC(=O)CCC(=O)N1Cc2ccccc2C#Cc2ccccc21. The molecule has 0 unspecified atom stereocenters. The van der Waals surface area contributed by atoms with Crippen molar-refractivity contribution in [3.63, 3.8) is 0 Å². The third-order valence-corrected chi connectivity index (χ3v) is 16.8. The molecule has 3 aliphatic rings. The third-order valence-electron chi connectivity index (χ3n) is 16.8. The number of ether oxygens (including phenoxy) is 12. The molecule has 0 radical (unpaired) electrons. The molecule has 0 aromatic heterocycles. The first-order valence-corrected chi connectivity index (χ1v) is 37.9. The van der Waals surface area contributed by atoms with E-state index < -0.39 is 17.9 Å². The van der Waals surface area contributed by atoms with Gasteiger partial charge in [0.15, 0.2) is 0 Å². The number of amides is 10. The number of rotatable bonds is 59. The summed E-state index contributed by atoms with van der Waals surface area (Å²) in [6.07, 6.45) is 2.57. The zero-order valence-electron chi connectivity index (χ0n) is 63.6. The van der Waals surface area contributed by atoms with Gasteiger partial charge in [-0.25, -0.2) is 0 Å². The van der Waals surface area contributed by atoms with E-state index in [0.717, 1.165) is 38.3 Å². The summed E-state index contributed by atoms with van der Waals surface area (Å²) in [5, 5.41) is 16.7. The first-order chi connectivity index (χ1) is 54.8. The quantitative estimate of drug-likeness (QED) is 0.0210. The van der Waals surface area contributed by atoms with Gasteiger partial charge in [-0.2, -0.15) is 0 Å². The van der Waals surface area contributed by atoms with E-state index in [0.29, 0.717) is 90.5 Å². The van der Waals surface area contributed by atoms with Gasteiger partial charge in [0.25, 0.3) is 11.8 Å². The third kappa shape index (κ3) is 36.5. The average Bonchev–Trinajstić information content (AvgIpc) is 1.33. The Labute approximate surface area is 653 Å². The van der Waals surface area contributed by atoms with E-state index in [-0.39, 0.29) is 230 Å². The number of hydrogen-bond acceptors (Lipinski definition) is 22. The average molecular weight is 1560 g/mol. The highest BCUT2D eigenvalue weighted by Gasteiger charge is 2.26. The number of fused-ring (bicyclic) bond motifs is 4. The fraction of sp³-hybridized carbons (Fsp3) is 0.506. The van der Waals surface area contributed by atoms with Gasteiger partial charge in [-0.3, -0.25) is 52.8 Å². The number of nitrogens with zero attached hydrogens (tertiary/aromatic N) is 3. The molecule has 4 aromatic carbocycles. The van der Waals surface area contributed by atoms with Gasteiger partial charge in [0, 0.05) is 125 Å². The molecule has 31 nitrogen and oxygen atoms in total. The van der Waals surface area contributed by atoms with Crippen LogP contribution in [0.4, 0.5) is 11.4 Å². The minimum atomic E-state index is -0.620. The van der Waals surface area contributed by atoms with Crippen molar-refractivity contribution < 1.29 is 105 Å². The number of anilines is 2. The highest BCUT2D eigenvalue weighted by molar-refractivity contribution is 6.13. The second-order valence-electron chi connectivity index (χ2n) is 25.3. The Balaban J connectivity index is 0.667. The van der Waals surface area contributed by atoms with Crippen LogP contribution >= 0.6 is 0 Å². The summed E-state index contributed by atoms with van der Waals surface area (Å²) in [6, 6.07) is 29.8. The lowest BCUT2D eigenvalue weighted by Crippen LogP contribution is -2.42. The Morgan fingerprint density at radius 2 is 0.598 bits per heavy atom. The first kappa shape index (κ1) is 89.4. The summed E-state index contributed by atoms with van der Waals surface area (Å²) in [4.78, 5) is 130. The summed E-state index contributed by atoms with van der Waals surface area (Å²) >= 11 is 0. The van der Waals surface area contributed by atoms with Gasteiger partial charge in [-0.15, -0.1) is 0 Å². The summed E-state index contributed by atoms with van der Waals surface area (Å²) in [5.74, 6) is 9.88. The lowest BCUT2D eigenvalue weighted by Gasteiger charge is -2.26. The zero-order chi connectivity index (χ0) is 79.3. The van der Waals surface area contributed by atoms with E-state index >= 15 is 0 Å². The fourth-order valence-electron chi connectivity index (χ4n) is 11.0. The zero-order valence-corrected chi connectivity index (χ0v) is 63.6. The Bertz CT molecular complexity index is 3570. The Morgan fingerprint density at radius 3 is 0.973 bits per heavy atom. The number of carbonyl (C=O) groups excluding carboxylic acids is 10. The van der Waals surface area contributed by atoms with Crippen molar-refractivity contribution in [2.45, 2.75) is 70.5 Å². The van der Waals surface area contributed by atoms with Gasteiger partial charge in [-0.1, -0.05) is 84.3 Å². The van der Waals surface area contributed by atoms with Gasteiger partial charge in [-0.05, 0) is 47.5 Å². The van der Waals surface area contributed by atoms with E-state index in [1.54, 1.807) is 9.80 Å². The maximum Gasteiger partial charge on any atom is 0.253 e. The molecule has 0 spiro atoms. The van der Waals surface area contributed by atoms with Crippen LogP contribution in [0, 0.1) is 23.7 Å². The molecule has 0 atom stereocenters. The summed E-state index contributed by atoms with van der Waals surface area (Å²) in [7, 11) is 0. The topological polar surface area (TPSA) is 363 Å². The molecule has 6 N–H and O–H groups in total. The minimum Gasteiger partial charge on any atom is -0.379 e. The summed E-state index contributed by atoms with van der Waals surface area (Å²) < 4.78 is 67.1. The normalized spacial score (nSPS) is 12.5. The Hall–Kier alpha value is -9.84. The van der Waals surface area contributed by atoms with Gasteiger partial charge < -0.3 is 98.5 Å². The van der Waals surface area contributed by atoms with Crippen LogP contribution in [-0.4, -0.2) is 268 Å². The van der Waals surface area contributed by atoms with Gasteiger partial charge in [0.2, 0.25) is 47.3 Å². The number of imide groups is 1. The molecule has 3 heterocycles. The van der Waals surface area contributed by atoms with Crippen molar-refractivity contribution in [1.82, 2.24) is 36.8 Å². The molecule has 4 aromatic rings. The second kappa shape index (κ2) is 54.7. The molecule has 10 amide bonds. The van der Waals surface area contributed by atoms with Crippen LogP contribution in [-0.2, 0) is 118 Å². The molecular formula is C81H105N9O22. The summed E-state index contributed by atoms with van der Waals surface area (Å²) in [6.45, 7) is 7.67. The van der Waals surface area contributed by atoms with Crippen molar-refractivity contribution in [3.8, 4) is 23.7 Å². The Kier molecular flexibility index (Phi) is 43.7. The molecule has 606 valence electrons. The van der Waals surface area contributed by atoms with Crippen molar-refractivity contribution in [3.05, 3.63) is 143 Å². The number of nitrogens with one attached hydrogen (secondary N) is 6.